The molecule has 22 heavy (non-hydrogen) atoms. The monoisotopic (exact) mass is 315 g/mol. The fourth-order valence-electron chi connectivity index (χ4n) is 2.68. The molecule has 0 bridgehead atoms. The maximum Gasteiger partial charge on any atom is 0.251 e. The van der Waals surface area contributed by atoms with Crippen molar-refractivity contribution >= 4 is 17.5 Å². The topological polar surface area (TPSA) is 38.3 Å². The van der Waals surface area contributed by atoms with E-state index >= 15 is 0 Å². The summed E-state index contributed by atoms with van der Waals surface area (Å²) in [5, 5.41) is 3.65. The van der Waals surface area contributed by atoms with Crippen LogP contribution >= 0.6 is 11.6 Å². The highest BCUT2D eigenvalue weighted by atomic mass is 35.5. The molecule has 1 unspecified atom stereocenters. The van der Waals surface area contributed by atoms with Crippen LogP contribution in [0.2, 0.25) is 5.02 Å². The molecule has 114 valence electrons. The molecule has 0 saturated heterocycles. The van der Waals surface area contributed by atoms with Gasteiger partial charge in [-0.05, 0) is 54.8 Å². The lowest BCUT2D eigenvalue weighted by Crippen LogP contribution is -2.34. The van der Waals surface area contributed by atoms with Crippen molar-refractivity contribution in [1.29, 1.82) is 0 Å². The summed E-state index contributed by atoms with van der Waals surface area (Å²) in [6.45, 7) is 2.78. The van der Waals surface area contributed by atoms with Gasteiger partial charge in [0.1, 0.15) is 5.75 Å². The summed E-state index contributed by atoms with van der Waals surface area (Å²) in [6, 6.07) is 13.2. The Labute approximate surface area is 135 Å². The Hall–Kier alpha value is -2.00. The van der Waals surface area contributed by atoms with E-state index in [1.807, 2.05) is 13.0 Å². The number of nitrogens with one attached hydrogen (secondary N) is 1. The predicted molar refractivity (Wildman–Crippen MR) is 87.7 cm³/mol. The van der Waals surface area contributed by atoms with E-state index in [-0.39, 0.29) is 11.9 Å². The molecule has 0 aliphatic carbocycles. The van der Waals surface area contributed by atoms with Crippen LogP contribution in [0, 0.1) is 0 Å². The maximum atomic E-state index is 12.2. The molecule has 4 heteroatoms. The number of carbonyl (C=O) groups excluding carboxylic acids is 1. The number of carbonyl (C=O) groups is 1. The third-order valence-electron chi connectivity index (χ3n) is 3.78. The average molecular weight is 316 g/mol. The second-order valence-corrected chi connectivity index (χ2v) is 6.06. The molecule has 0 saturated carbocycles. The minimum absolute atomic E-state index is 0.0588. The second-order valence-electron chi connectivity index (χ2n) is 5.63. The van der Waals surface area contributed by atoms with Gasteiger partial charge >= 0.3 is 0 Å². The largest absolute Gasteiger partial charge is 0.493 e. The van der Waals surface area contributed by atoms with Crippen molar-refractivity contribution in [3.8, 4) is 5.75 Å². The van der Waals surface area contributed by atoms with E-state index in [1.165, 1.54) is 11.1 Å². The molecule has 1 aliphatic rings. The van der Waals surface area contributed by atoms with Crippen LogP contribution in [-0.2, 0) is 12.8 Å². The summed E-state index contributed by atoms with van der Waals surface area (Å²) in [5.74, 6) is 0.912. The highest BCUT2D eigenvalue weighted by molar-refractivity contribution is 6.30. The van der Waals surface area contributed by atoms with E-state index in [9.17, 15) is 4.79 Å². The molecule has 1 atom stereocenters. The summed E-state index contributed by atoms with van der Waals surface area (Å²) < 4.78 is 5.51. The van der Waals surface area contributed by atoms with Crippen LogP contribution < -0.4 is 10.1 Å². The predicted octanol–water partition coefficient (Wildman–Crippen LogP) is 3.64. The number of hydrogen-bond acceptors (Lipinski definition) is 2. The SMILES string of the molecule is CC(Cc1ccc2c(c1)CCO2)NC(=O)c1ccc(Cl)cc1. The molecule has 1 N–H and O–H groups in total. The molecule has 0 fully saturated rings. The van der Waals surface area contributed by atoms with Crippen molar-refractivity contribution in [3.05, 3.63) is 64.2 Å². The number of ether oxygens (including phenoxy) is 1. The van der Waals surface area contributed by atoms with E-state index in [0.29, 0.717) is 10.6 Å². The number of hydrogen-bond donors (Lipinski definition) is 1. The minimum Gasteiger partial charge on any atom is -0.493 e. The fraction of sp³-hybridized carbons (Fsp3) is 0.278. The van der Waals surface area contributed by atoms with Crippen LogP contribution in [0.25, 0.3) is 0 Å². The quantitative estimate of drug-likeness (QED) is 0.935. The first kappa shape index (κ1) is 14.9. The highest BCUT2D eigenvalue weighted by Gasteiger charge is 2.14. The molecule has 3 rings (SSSR count). The van der Waals surface area contributed by atoms with Gasteiger partial charge in [0.25, 0.3) is 5.91 Å². The van der Waals surface area contributed by atoms with Crippen LogP contribution in [0.5, 0.6) is 5.75 Å². The summed E-state index contributed by atoms with van der Waals surface area (Å²) >= 11 is 5.83. The Morgan fingerprint density at radius 1 is 1.27 bits per heavy atom. The van der Waals surface area contributed by atoms with Crippen LogP contribution in [0.1, 0.15) is 28.4 Å². The molecule has 1 aliphatic heterocycles. The lowest BCUT2D eigenvalue weighted by atomic mass is 10.0. The Bertz CT molecular complexity index is 682. The third kappa shape index (κ3) is 3.42. The van der Waals surface area contributed by atoms with E-state index in [2.05, 4.69) is 17.4 Å². The highest BCUT2D eigenvalue weighted by Crippen LogP contribution is 2.26. The molecule has 2 aromatic carbocycles. The van der Waals surface area contributed by atoms with Gasteiger partial charge in [-0.25, -0.2) is 0 Å². The second kappa shape index (κ2) is 6.41. The van der Waals surface area contributed by atoms with E-state index in [1.54, 1.807) is 24.3 Å². The van der Waals surface area contributed by atoms with Crippen molar-refractivity contribution < 1.29 is 9.53 Å². The summed E-state index contributed by atoms with van der Waals surface area (Å²) in [7, 11) is 0. The fourth-order valence-corrected chi connectivity index (χ4v) is 2.81. The van der Waals surface area contributed by atoms with Gasteiger partial charge in [-0.1, -0.05) is 23.7 Å². The Kier molecular flexibility index (Phi) is 4.34. The van der Waals surface area contributed by atoms with Gasteiger partial charge in [0.2, 0.25) is 0 Å². The van der Waals surface area contributed by atoms with Gasteiger partial charge in [-0.15, -0.1) is 0 Å². The van der Waals surface area contributed by atoms with Gasteiger partial charge in [-0.3, -0.25) is 4.79 Å². The number of halogens is 1. The molecule has 0 radical (unpaired) electrons. The number of amides is 1. The lowest BCUT2D eigenvalue weighted by Gasteiger charge is -2.14. The average Bonchev–Trinajstić information content (AvgIpc) is 2.95. The van der Waals surface area contributed by atoms with E-state index in [4.69, 9.17) is 16.3 Å². The van der Waals surface area contributed by atoms with Gasteiger partial charge in [0.15, 0.2) is 0 Å². The van der Waals surface area contributed by atoms with Crippen molar-refractivity contribution in [2.24, 2.45) is 0 Å². The smallest absolute Gasteiger partial charge is 0.251 e. The van der Waals surface area contributed by atoms with Gasteiger partial charge in [-0.2, -0.15) is 0 Å². The first-order valence-corrected chi connectivity index (χ1v) is 7.80. The molecule has 0 spiro atoms. The standard InChI is InChI=1S/C18H18ClNO2/c1-12(20-18(21)14-3-5-16(19)6-4-14)10-13-2-7-17-15(11-13)8-9-22-17/h2-7,11-12H,8-10H2,1H3,(H,20,21). The molecule has 2 aromatic rings. The minimum atomic E-state index is -0.0753. The van der Waals surface area contributed by atoms with Gasteiger partial charge in [0.05, 0.1) is 6.61 Å². The molecule has 0 aromatic heterocycles. The molecule has 1 heterocycles. The maximum absolute atomic E-state index is 12.2. The Morgan fingerprint density at radius 2 is 2.05 bits per heavy atom. The van der Waals surface area contributed by atoms with Crippen LogP contribution in [0.3, 0.4) is 0 Å². The summed E-state index contributed by atoms with van der Waals surface area (Å²) in [6.07, 6.45) is 1.77. The molecular formula is C18H18ClNO2. The number of benzene rings is 2. The normalized spacial score (nSPS) is 14.1. The number of rotatable bonds is 4. The van der Waals surface area contributed by atoms with Crippen molar-refractivity contribution in [1.82, 2.24) is 5.32 Å². The zero-order valence-electron chi connectivity index (χ0n) is 12.4. The third-order valence-corrected chi connectivity index (χ3v) is 4.03. The summed E-state index contributed by atoms with van der Waals surface area (Å²) in [5.41, 5.74) is 3.10. The Morgan fingerprint density at radius 3 is 2.82 bits per heavy atom. The number of fused-ring (bicyclic) bond motifs is 1. The van der Waals surface area contributed by atoms with Crippen molar-refractivity contribution in [3.63, 3.8) is 0 Å². The van der Waals surface area contributed by atoms with E-state index < -0.39 is 0 Å². The first-order valence-electron chi connectivity index (χ1n) is 7.43. The van der Waals surface area contributed by atoms with E-state index in [0.717, 1.165) is 25.2 Å². The van der Waals surface area contributed by atoms with Gasteiger partial charge < -0.3 is 10.1 Å². The summed E-state index contributed by atoms with van der Waals surface area (Å²) in [4.78, 5) is 12.2. The molecule has 3 nitrogen and oxygen atoms in total. The first-order chi connectivity index (χ1) is 10.6. The Balaban J connectivity index is 1.61. The molecule has 1 amide bonds. The van der Waals surface area contributed by atoms with Crippen LogP contribution in [-0.4, -0.2) is 18.6 Å². The van der Waals surface area contributed by atoms with Crippen molar-refractivity contribution in [2.75, 3.05) is 6.61 Å². The zero-order chi connectivity index (χ0) is 15.5. The van der Waals surface area contributed by atoms with Crippen molar-refractivity contribution in [2.45, 2.75) is 25.8 Å². The lowest BCUT2D eigenvalue weighted by molar-refractivity contribution is 0.0940. The van der Waals surface area contributed by atoms with Crippen LogP contribution in [0.15, 0.2) is 42.5 Å². The zero-order valence-corrected chi connectivity index (χ0v) is 13.2. The van der Waals surface area contributed by atoms with Crippen LogP contribution in [0.4, 0.5) is 0 Å². The molecular weight excluding hydrogens is 298 g/mol. The van der Waals surface area contributed by atoms with Gasteiger partial charge in [0, 0.05) is 23.0 Å².